The molecule has 1 nitrogen and oxygen atoms in total. The maximum atomic E-state index is 10.1. The molecule has 0 bridgehead atoms. The third-order valence-electron chi connectivity index (χ3n) is 5.50. The van der Waals surface area contributed by atoms with Crippen LogP contribution in [0.3, 0.4) is 0 Å². The summed E-state index contributed by atoms with van der Waals surface area (Å²) >= 11 is 0. The molecule has 0 aromatic rings. The van der Waals surface area contributed by atoms with Gasteiger partial charge in [-0.1, -0.05) is 18.6 Å². The average molecular weight is 190 g/mol. The summed E-state index contributed by atoms with van der Waals surface area (Å²) in [4.78, 5) is 0. The van der Waals surface area contributed by atoms with Crippen LogP contribution in [0.1, 0.15) is 32.1 Å². The molecule has 0 radical (unpaired) electrons. The third-order valence-corrected chi connectivity index (χ3v) is 5.50. The number of allylic oxidation sites excluding steroid dienone is 2. The normalized spacial score (nSPS) is 63.4. The van der Waals surface area contributed by atoms with E-state index in [1.54, 1.807) is 0 Å². The lowest BCUT2D eigenvalue weighted by Crippen LogP contribution is -2.46. The number of hydrogen-bond donors (Lipinski definition) is 1. The highest BCUT2D eigenvalue weighted by Gasteiger charge is 2.67. The molecule has 0 aromatic heterocycles. The van der Waals surface area contributed by atoms with Crippen LogP contribution in [0.15, 0.2) is 12.2 Å². The summed E-state index contributed by atoms with van der Waals surface area (Å²) < 4.78 is 0. The second-order valence-electron chi connectivity index (χ2n) is 5.97. The smallest absolute Gasteiger partial charge is 0.0577 e. The summed E-state index contributed by atoms with van der Waals surface area (Å²) in [7, 11) is 0. The van der Waals surface area contributed by atoms with Crippen LogP contribution in [-0.4, -0.2) is 11.2 Å². The second-order valence-corrected chi connectivity index (χ2v) is 5.97. The Kier molecular flexibility index (Phi) is 1.28. The van der Waals surface area contributed by atoms with Gasteiger partial charge < -0.3 is 5.11 Å². The molecular formula is C13H18O. The van der Waals surface area contributed by atoms with Gasteiger partial charge in [-0.3, -0.25) is 0 Å². The number of fused-ring (bicyclic) bond motifs is 2. The Bertz CT molecular complexity index is 308. The highest BCUT2D eigenvalue weighted by atomic mass is 16.3. The van der Waals surface area contributed by atoms with E-state index in [4.69, 9.17) is 0 Å². The zero-order chi connectivity index (χ0) is 9.34. The van der Waals surface area contributed by atoms with Gasteiger partial charge in [-0.2, -0.15) is 0 Å². The van der Waals surface area contributed by atoms with Gasteiger partial charge in [0, 0.05) is 0 Å². The predicted octanol–water partition coefficient (Wildman–Crippen LogP) is 2.36. The third kappa shape index (κ3) is 0.735. The van der Waals surface area contributed by atoms with Crippen molar-refractivity contribution in [3.05, 3.63) is 12.2 Å². The van der Waals surface area contributed by atoms with E-state index in [0.29, 0.717) is 11.3 Å². The van der Waals surface area contributed by atoms with Crippen molar-refractivity contribution in [1.29, 1.82) is 0 Å². The molecule has 1 spiro atoms. The SMILES string of the molecule is OC1CCCC2CC3CC34C=CC4C12. The minimum Gasteiger partial charge on any atom is -0.393 e. The second kappa shape index (κ2) is 2.27. The molecule has 4 rings (SSSR count). The highest BCUT2D eigenvalue weighted by molar-refractivity contribution is 5.33. The molecule has 4 aliphatic rings. The number of aliphatic hydroxyl groups excluding tert-OH is 1. The fraction of sp³-hybridized carbons (Fsp3) is 0.846. The molecule has 1 N–H and O–H groups in total. The summed E-state index contributed by atoms with van der Waals surface area (Å²) in [6.45, 7) is 0. The predicted molar refractivity (Wildman–Crippen MR) is 54.6 cm³/mol. The molecular weight excluding hydrogens is 172 g/mol. The maximum absolute atomic E-state index is 10.1. The molecule has 0 saturated heterocycles. The fourth-order valence-corrected chi connectivity index (χ4v) is 4.69. The van der Waals surface area contributed by atoms with Crippen molar-refractivity contribution in [2.24, 2.45) is 29.1 Å². The standard InChI is InChI=1S/C13H18O/c14-11-3-1-2-8-6-9-7-13(9)5-4-10(13)12(8)11/h4-5,8-12,14H,1-3,6-7H2. The molecule has 1 heteroatoms. The van der Waals surface area contributed by atoms with Gasteiger partial charge in [-0.15, -0.1) is 0 Å². The molecule has 0 aliphatic heterocycles. The van der Waals surface area contributed by atoms with Gasteiger partial charge in [-0.05, 0) is 54.8 Å². The largest absolute Gasteiger partial charge is 0.393 e. The number of aliphatic hydroxyl groups is 1. The Hall–Kier alpha value is -0.300. The summed E-state index contributed by atoms with van der Waals surface area (Å²) in [5.41, 5.74) is 0.611. The van der Waals surface area contributed by atoms with Crippen LogP contribution in [0.4, 0.5) is 0 Å². The molecule has 3 fully saturated rings. The molecule has 0 amide bonds. The van der Waals surface area contributed by atoms with Crippen LogP contribution in [0.2, 0.25) is 0 Å². The Morgan fingerprint density at radius 2 is 2.21 bits per heavy atom. The van der Waals surface area contributed by atoms with Crippen molar-refractivity contribution in [2.45, 2.75) is 38.2 Å². The monoisotopic (exact) mass is 190 g/mol. The summed E-state index contributed by atoms with van der Waals surface area (Å²) in [5.74, 6) is 3.26. The maximum Gasteiger partial charge on any atom is 0.0577 e. The molecule has 4 aliphatic carbocycles. The first kappa shape index (κ1) is 7.92. The lowest BCUT2D eigenvalue weighted by molar-refractivity contribution is -0.0342. The lowest BCUT2D eigenvalue weighted by atomic mass is 9.56. The highest BCUT2D eigenvalue weighted by Crippen LogP contribution is 2.73. The Labute approximate surface area is 85.2 Å². The summed E-state index contributed by atoms with van der Waals surface area (Å²) in [5, 5.41) is 10.1. The minimum atomic E-state index is 0.0159. The van der Waals surface area contributed by atoms with E-state index in [1.807, 2.05) is 0 Å². The van der Waals surface area contributed by atoms with Crippen LogP contribution in [0.5, 0.6) is 0 Å². The molecule has 3 saturated carbocycles. The van der Waals surface area contributed by atoms with Crippen molar-refractivity contribution < 1.29 is 5.11 Å². The Balaban J connectivity index is 1.71. The van der Waals surface area contributed by atoms with Gasteiger partial charge in [0.05, 0.1) is 6.10 Å². The summed E-state index contributed by atoms with van der Waals surface area (Å²) in [6.07, 6.45) is 11.4. The van der Waals surface area contributed by atoms with Crippen molar-refractivity contribution in [1.82, 2.24) is 0 Å². The number of rotatable bonds is 0. The van der Waals surface area contributed by atoms with Crippen LogP contribution < -0.4 is 0 Å². The van der Waals surface area contributed by atoms with E-state index in [9.17, 15) is 5.11 Å². The minimum absolute atomic E-state index is 0.0159. The molecule has 0 aromatic carbocycles. The number of hydrogen-bond acceptors (Lipinski definition) is 1. The van der Waals surface area contributed by atoms with Crippen LogP contribution in [0, 0.1) is 29.1 Å². The van der Waals surface area contributed by atoms with Crippen LogP contribution in [-0.2, 0) is 0 Å². The molecule has 76 valence electrons. The van der Waals surface area contributed by atoms with Gasteiger partial charge in [0.15, 0.2) is 0 Å². The van der Waals surface area contributed by atoms with Crippen LogP contribution in [0.25, 0.3) is 0 Å². The first-order valence-corrected chi connectivity index (χ1v) is 6.19. The molecule has 6 unspecified atom stereocenters. The average Bonchev–Trinajstić information content (AvgIpc) is 2.85. The van der Waals surface area contributed by atoms with E-state index in [-0.39, 0.29) is 6.10 Å². The quantitative estimate of drug-likeness (QED) is 0.581. The van der Waals surface area contributed by atoms with Crippen LogP contribution >= 0.6 is 0 Å². The van der Waals surface area contributed by atoms with E-state index < -0.39 is 0 Å². The van der Waals surface area contributed by atoms with Gasteiger partial charge in [0.2, 0.25) is 0 Å². The van der Waals surface area contributed by atoms with Crippen molar-refractivity contribution >= 4 is 0 Å². The van der Waals surface area contributed by atoms with Crippen molar-refractivity contribution in [2.75, 3.05) is 0 Å². The van der Waals surface area contributed by atoms with Gasteiger partial charge in [0.25, 0.3) is 0 Å². The van der Waals surface area contributed by atoms with E-state index in [1.165, 1.54) is 25.7 Å². The summed E-state index contributed by atoms with van der Waals surface area (Å²) in [6, 6.07) is 0. The Morgan fingerprint density at radius 1 is 1.29 bits per heavy atom. The van der Waals surface area contributed by atoms with E-state index in [2.05, 4.69) is 12.2 Å². The molecule has 14 heavy (non-hydrogen) atoms. The first-order chi connectivity index (χ1) is 6.81. The Morgan fingerprint density at radius 3 is 3.00 bits per heavy atom. The zero-order valence-electron chi connectivity index (χ0n) is 8.52. The lowest BCUT2D eigenvalue weighted by Gasteiger charge is -2.49. The van der Waals surface area contributed by atoms with Gasteiger partial charge >= 0.3 is 0 Å². The van der Waals surface area contributed by atoms with Gasteiger partial charge in [-0.25, -0.2) is 0 Å². The zero-order valence-corrected chi connectivity index (χ0v) is 8.52. The van der Waals surface area contributed by atoms with Crippen molar-refractivity contribution in [3.63, 3.8) is 0 Å². The molecule has 0 heterocycles. The fourth-order valence-electron chi connectivity index (χ4n) is 4.69. The van der Waals surface area contributed by atoms with E-state index >= 15 is 0 Å². The van der Waals surface area contributed by atoms with E-state index in [0.717, 1.165) is 24.2 Å². The van der Waals surface area contributed by atoms with Crippen molar-refractivity contribution in [3.8, 4) is 0 Å². The molecule has 6 atom stereocenters. The topological polar surface area (TPSA) is 20.2 Å². The first-order valence-electron chi connectivity index (χ1n) is 6.19. The van der Waals surface area contributed by atoms with Gasteiger partial charge in [0.1, 0.15) is 0 Å².